The van der Waals surface area contributed by atoms with Gasteiger partial charge in [-0.25, -0.2) is 4.98 Å². The van der Waals surface area contributed by atoms with Gasteiger partial charge >= 0.3 is 26.5 Å². The Morgan fingerprint density at radius 3 is 1.58 bits per heavy atom. The topological polar surface area (TPSA) is 242 Å². The number of alkyl halides is 4. The summed E-state index contributed by atoms with van der Waals surface area (Å²) < 4.78 is 78.4. The van der Waals surface area contributed by atoms with Crippen LogP contribution in [0.4, 0.5) is 17.6 Å². The fourth-order valence-electron chi connectivity index (χ4n) is 3.84. The number of rotatable bonds is 13. The number of nitrogens with two attached hydrogens (primary N) is 1. The van der Waals surface area contributed by atoms with Gasteiger partial charge in [0.2, 0.25) is 11.8 Å². The van der Waals surface area contributed by atoms with Crippen LogP contribution in [0.15, 0.2) is 67.1 Å². The van der Waals surface area contributed by atoms with Crippen molar-refractivity contribution >= 4 is 32.9 Å². The highest BCUT2D eigenvalue weighted by Crippen LogP contribution is 2.60. The molecule has 3 rings (SSSR count). The molecule has 45 heavy (non-hydrogen) atoms. The van der Waals surface area contributed by atoms with E-state index < -0.39 is 73.9 Å². The van der Waals surface area contributed by atoms with Crippen LogP contribution in [0, 0.1) is 0 Å². The van der Waals surface area contributed by atoms with Crippen molar-refractivity contribution in [3.63, 3.8) is 0 Å². The summed E-state index contributed by atoms with van der Waals surface area (Å²) in [7, 11) is -11.7. The SMILES string of the molecule is NC(=O)C(Cc1ccc(C(F)(F)P(=O)(O)O)cc1)NC(=O)C(Cc1ccc(C(F)(F)P(=O)(O)O)cc1)NC(=O)c1cnccn1. The highest BCUT2D eigenvalue weighted by Gasteiger charge is 2.51. The van der Waals surface area contributed by atoms with E-state index in [1.54, 1.807) is 0 Å². The summed E-state index contributed by atoms with van der Waals surface area (Å²) in [5.41, 5.74) is -5.53. The Balaban J connectivity index is 1.84. The molecule has 3 amide bonds. The van der Waals surface area contributed by atoms with Crippen LogP contribution < -0.4 is 16.4 Å². The van der Waals surface area contributed by atoms with E-state index in [1.807, 2.05) is 0 Å². The van der Waals surface area contributed by atoms with Crippen LogP contribution in [-0.4, -0.2) is 59.3 Å². The second-order valence-electron chi connectivity index (χ2n) is 9.55. The van der Waals surface area contributed by atoms with Crippen molar-refractivity contribution in [2.24, 2.45) is 5.73 Å². The van der Waals surface area contributed by atoms with Crippen molar-refractivity contribution in [2.75, 3.05) is 0 Å². The third-order valence-electron chi connectivity index (χ3n) is 6.29. The molecule has 0 spiro atoms. The Labute approximate surface area is 251 Å². The Morgan fingerprint density at radius 2 is 1.20 bits per heavy atom. The molecule has 0 radical (unpaired) electrons. The minimum Gasteiger partial charge on any atom is -0.368 e. The average molecular weight is 677 g/mol. The zero-order valence-electron chi connectivity index (χ0n) is 22.6. The third kappa shape index (κ3) is 8.57. The van der Waals surface area contributed by atoms with Gasteiger partial charge in [-0.05, 0) is 11.1 Å². The smallest absolute Gasteiger partial charge is 0.368 e. The quantitative estimate of drug-likeness (QED) is 0.101. The minimum atomic E-state index is -5.86. The molecule has 0 aliphatic carbocycles. The zero-order valence-corrected chi connectivity index (χ0v) is 24.4. The monoisotopic (exact) mass is 677 g/mol. The van der Waals surface area contributed by atoms with Gasteiger partial charge < -0.3 is 35.9 Å². The summed E-state index contributed by atoms with van der Waals surface area (Å²) in [6.07, 6.45) is 2.77. The first kappa shape index (κ1) is 35.4. The lowest BCUT2D eigenvalue weighted by Gasteiger charge is -2.23. The predicted molar refractivity (Wildman–Crippen MR) is 147 cm³/mol. The third-order valence-corrected chi connectivity index (χ3v) is 8.27. The second kappa shape index (κ2) is 13.5. The molecular formula is C25H25F4N5O9P2. The van der Waals surface area contributed by atoms with Crippen molar-refractivity contribution in [3.8, 4) is 0 Å². The molecule has 0 saturated heterocycles. The molecule has 20 heteroatoms. The number of nitrogens with zero attached hydrogens (tertiary/aromatic N) is 2. The van der Waals surface area contributed by atoms with E-state index in [1.165, 1.54) is 12.4 Å². The zero-order chi connectivity index (χ0) is 33.8. The number of halogens is 4. The molecule has 0 aliphatic heterocycles. The van der Waals surface area contributed by atoms with Gasteiger partial charge in [0.05, 0.1) is 6.20 Å². The maximum absolute atomic E-state index is 14.1. The Morgan fingerprint density at radius 1 is 0.756 bits per heavy atom. The average Bonchev–Trinajstić information content (AvgIpc) is 2.96. The molecule has 8 N–H and O–H groups in total. The summed E-state index contributed by atoms with van der Waals surface area (Å²) in [5.74, 6) is -2.99. The first-order chi connectivity index (χ1) is 20.7. The van der Waals surface area contributed by atoms with Gasteiger partial charge in [0.25, 0.3) is 5.91 Å². The second-order valence-corrected chi connectivity index (χ2v) is 12.9. The fraction of sp³-hybridized carbons (Fsp3) is 0.240. The number of carbonyl (C=O) groups is 3. The molecule has 3 aromatic rings. The normalized spacial score (nSPS) is 13.9. The van der Waals surface area contributed by atoms with Gasteiger partial charge in [-0.1, -0.05) is 48.5 Å². The van der Waals surface area contributed by atoms with Crippen LogP contribution in [0.3, 0.4) is 0 Å². The molecule has 14 nitrogen and oxygen atoms in total. The summed E-state index contributed by atoms with van der Waals surface area (Å²) >= 11 is 0. The molecule has 1 heterocycles. The number of primary amides is 1. The van der Waals surface area contributed by atoms with E-state index in [-0.39, 0.29) is 23.2 Å². The van der Waals surface area contributed by atoms with E-state index in [0.717, 1.165) is 54.7 Å². The Bertz CT molecular complexity index is 1640. The van der Waals surface area contributed by atoms with Gasteiger partial charge in [0.15, 0.2) is 0 Å². The first-order valence-electron chi connectivity index (χ1n) is 12.5. The molecular weight excluding hydrogens is 652 g/mol. The van der Waals surface area contributed by atoms with E-state index in [4.69, 9.17) is 25.3 Å². The van der Waals surface area contributed by atoms with Gasteiger partial charge in [0.1, 0.15) is 17.8 Å². The van der Waals surface area contributed by atoms with Crippen LogP contribution in [0.1, 0.15) is 32.7 Å². The number of carbonyl (C=O) groups excluding carboxylic acids is 3. The van der Waals surface area contributed by atoms with Crippen molar-refractivity contribution in [3.05, 3.63) is 95.1 Å². The summed E-state index contributed by atoms with van der Waals surface area (Å²) in [6, 6.07) is 4.01. The van der Waals surface area contributed by atoms with Gasteiger partial charge in [0, 0.05) is 36.4 Å². The molecule has 2 unspecified atom stereocenters. The van der Waals surface area contributed by atoms with E-state index >= 15 is 0 Å². The summed E-state index contributed by atoms with van der Waals surface area (Å²) in [6.45, 7) is 0. The number of benzene rings is 2. The molecule has 0 bridgehead atoms. The number of hydrogen-bond donors (Lipinski definition) is 7. The molecule has 242 valence electrons. The van der Waals surface area contributed by atoms with Crippen molar-refractivity contribution < 1.29 is 60.6 Å². The highest BCUT2D eigenvalue weighted by molar-refractivity contribution is 7.52. The van der Waals surface area contributed by atoms with Crippen LogP contribution >= 0.6 is 15.2 Å². The molecule has 0 aliphatic rings. The number of hydrogen-bond acceptors (Lipinski definition) is 7. The van der Waals surface area contributed by atoms with Gasteiger partial charge in [-0.3, -0.25) is 28.5 Å². The van der Waals surface area contributed by atoms with Gasteiger partial charge in [-0.15, -0.1) is 0 Å². The minimum absolute atomic E-state index is 0.136. The molecule has 0 saturated carbocycles. The Kier molecular flexibility index (Phi) is 10.6. The highest BCUT2D eigenvalue weighted by atomic mass is 31.2. The number of aromatic nitrogens is 2. The maximum Gasteiger partial charge on any atom is 0.399 e. The van der Waals surface area contributed by atoms with Crippen LogP contribution in [0.2, 0.25) is 0 Å². The molecule has 2 atom stereocenters. The summed E-state index contributed by atoms with van der Waals surface area (Å²) in [5, 5.41) is 4.67. The van der Waals surface area contributed by atoms with Crippen molar-refractivity contribution in [1.29, 1.82) is 0 Å². The van der Waals surface area contributed by atoms with E-state index in [9.17, 15) is 41.1 Å². The lowest BCUT2D eigenvalue weighted by Crippen LogP contribution is -2.54. The first-order valence-corrected chi connectivity index (χ1v) is 15.7. The molecule has 0 fully saturated rings. The Hall–Kier alpha value is -4.05. The van der Waals surface area contributed by atoms with Crippen LogP contribution in [-0.2, 0) is 42.9 Å². The number of amides is 3. The largest absolute Gasteiger partial charge is 0.399 e. The fourth-order valence-corrected chi connectivity index (χ4v) is 4.81. The van der Waals surface area contributed by atoms with Crippen LogP contribution in [0.25, 0.3) is 0 Å². The van der Waals surface area contributed by atoms with Crippen molar-refractivity contribution in [1.82, 2.24) is 20.6 Å². The summed E-state index contributed by atoms with van der Waals surface area (Å²) in [4.78, 5) is 81.5. The predicted octanol–water partition coefficient (Wildman–Crippen LogP) is 1.48. The number of nitrogens with one attached hydrogen (secondary N) is 2. The standard InChI is InChI=1S/C25H25F4N5O9P2/c26-24(27,44(38,39)40)16-5-1-14(2-6-16)11-18(21(30)35)33-22(36)19(34-23(37)20-13-31-9-10-32-20)12-15-3-7-17(8-4-15)25(28,29)45(41,42)43/h1-10,13,18-19H,11-12H2,(H2,30,35)(H,33,36)(H,34,37)(H2,38,39,40)(H2,41,42,43). The van der Waals surface area contributed by atoms with E-state index in [0.29, 0.717) is 0 Å². The van der Waals surface area contributed by atoms with Gasteiger partial charge in [-0.2, -0.15) is 17.6 Å². The lowest BCUT2D eigenvalue weighted by molar-refractivity contribution is -0.128. The molecule has 1 aromatic heterocycles. The molecule has 2 aromatic carbocycles. The maximum atomic E-state index is 14.1. The van der Waals surface area contributed by atoms with Crippen molar-refractivity contribution in [2.45, 2.75) is 36.3 Å². The van der Waals surface area contributed by atoms with E-state index in [2.05, 4.69) is 20.6 Å². The van der Waals surface area contributed by atoms with Crippen LogP contribution in [0.5, 0.6) is 0 Å². The lowest BCUT2D eigenvalue weighted by atomic mass is 10.0.